The summed E-state index contributed by atoms with van der Waals surface area (Å²) in [6, 6.07) is 11.5. The SMILES string of the molecule is CCCc1ccc(C(=O)NCCCOCc2ccco2)cc1. The van der Waals surface area contributed by atoms with Crippen LogP contribution in [-0.2, 0) is 17.8 Å². The first-order valence-corrected chi connectivity index (χ1v) is 7.77. The molecule has 0 saturated carbocycles. The molecule has 22 heavy (non-hydrogen) atoms. The van der Waals surface area contributed by atoms with Gasteiger partial charge in [0.2, 0.25) is 0 Å². The highest BCUT2D eigenvalue weighted by Gasteiger charge is 2.04. The zero-order chi connectivity index (χ0) is 15.6. The fraction of sp³-hybridized carbons (Fsp3) is 0.389. The molecule has 0 aliphatic carbocycles. The van der Waals surface area contributed by atoms with Crippen LogP contribution in [0, 0.1) is 0 Å². The Labute approximate surface area is 131 Å². The Bertz CT molecular complexity index is 546. The number of nitrogens with one attached hydrogen (secondary N) is 1. The number of carbonyl (C=O) groups is 1. The van der Waals surface area contributed by atoms with Crippen molar-refractivity contribution in [2.75, 3.05) is 13.2 Å². The fourth-order valence-electron chi connectivity index (χ4n) is 2.16. The molecule has 0 aliphatic heterocycles. The van der Waals surface area contributed by atoms with E-state index in [2.05, 4.69) is 12.2 Å². The molecular weight excluding hydrogens is 278 g/mol. The van der Waals surface area contributed by atoms with Gasteiger partial charge in [-0.3, -0.25) is 4.79 Å². The second-order valence-electron chi connectivity index (χ2n) is 5.19. The Morgan fingerprint density at radius 3 is 2.73 bits per heavy atom. The van der Waals surface area contributed by atoms with Crippen molar-refractivity contribution in [2.45, 2.75) is 32.8 Å². The molecule has 0 radical (unpaired) electrons. The largest absolute Gasteiger partial charge is 0.467 e. The van der Waals surface area contributed by atoms with Crippen molar-refractivity contribution in [3.63, 3.8) is 0 Å². The molecule has 1 aromatic carbocycles. The number of ether oxygens (including phenoxy) is 1. The van der Waals surface area contributed by atoms with E-state index in [0.29, 0.717) is 25.3 Å². The van der Waals surface area contributed by atoms with Gasteiger partial charge >= 0.3 is 0 Å². The number of rotatable bonds is 9. The van der Waals surface area contributed by atoms with Crippen LogP contribution in [0.4, 0.5) is 0 Å². The second-order valence-corrected chi connectivity index (χ2v) is 5.19. The first-order valence-electron chi connectivity index (χ1n) is 7.77. The van der Waals surface area contributed by atoms with Crippen LogP contribution in [0.15, 0.2) is 47.1 Å². The summed E-state index contributed by atoms with van der Waals surface area (Å²) in [4.78, 5) is 12.0. The summed E-state index contributed by atoms with van der Waals surface area (Å²) in [5, 5.41) is 2.90. The Hall–Kier alpha value is -2.07. The molecule has 0 saturated heterocycles. The van der Waals surface area contributed by atoms with Gasteiger partial charge in [0.1, 0.15) is 12.4 Å². The van der Waals surface area contributed by atoms with Crippen LogP contribution in [0.3, 0.4) is 0 Å². The first-order chi connectivity index (χ1) is 10.8. The van der Waals surface area contributed by atoms with E-state index in [9.17, 15) is 4.79 Å². The Kier molecular flexibility index (Phi) is 6.71. The van der Waals surface area contributed by atoms with Crippen molar-refractivity contribution in [3.05, 3.63) is 59.5 Å². The lowest BCUT2D eigenvalue weighted by Crippen LogP contribution is -2.25. The van der Waals surface area contributed by atoms with Crippen LogP contribution < -0.4 is 5.32 Å². The zero-order valence-electron chi connectivity index (χ0n) is 13.0. The monoisotopic (exact) mass is 301 g/mol. The second kappa shape index (κ2) is 9.05. The zero-order valence-corrected chi connectivity index (χ0v) is 13.0. The Balaban J connectivity index is 1.60. The number of hydrogen-bond acceptors (Lipinski definition) is 3. The van der Waals surface area contributed by atoms with E-state index in [4.69, 9.17) is 9.15 Å². The van der Waals surface area contributed by atoms with Gasteiger partial charge in [0.05, 0.1) is 6.26 Å². The van der Waals surface area contributed by atoms with E-state index in [1.807, 2.05) is 36.4 Å². The van der Waals surface area contributed by atoms with Crippen molar-refractivity contribution < 1.29 is 13.9 Å². The molecule has 0 fully saturated rings. The summed E-state index contributed by atoms with van der Waals surface area (Å²) in [5.41, 5.74) is 1.97. The lowest BCUT2D eigenvalue weighted by Gasteiger charge is -2.06. The molecule has 0 bridgehead atoms. The molecular formula is C18H23NO3. The molecule has 1 aromatic heterocycles. The highest BCUT2D eigenvalue weighted by molar-refractivity contribution is 5.94. The molecule has 0 spiro atoms. The number of aryl methyl sites for hydroxylation is 1. The summed E-state index contributed by atoms with van der Waals surface area (Å²) in [7, 11) is 0. The number of benzene rings is 1. The standard InChI is InChI=1S/C18H23NO3/c1-2-5-15-7-9-16(10-8-15)18(20)19-11-4-12-21-14-17-6-3-13-22-17/h3,6-10,13H,2,4-5,11-12,14H2,1H3,(H,19,20). The number of hydrogen-bond donors (Lipinski definition) is 1. The molecule has 4 heteroatoms. The third kappa shape index (κ3) is 5.37. The third-order valence-electron chi connectivity index (χ3n) is 3.33. The van der Waals surface area contributed by atoms with E-state index < -0.39 is 0 Å². The molecule has 0 atom stereocenters. The predicted octanol–water partition coefficient (Wildman–Crippen LogP) is 3.57. The predicted molar refractivity (Wildman–Crippen MR) is 85.8 cm³/mol. The molecule has 4 nitrogen and oxygen atoms in total. The summed E-state index contributed by atoms with van der Waals surface area (Å²) in [5.74, 6) is 0.783. The van der Waals surface area contributed by atoms with Crippen LogP contribution in [0.25, 0.3) is 0 Å². The normalized spacial score (nSPS) is 10.6. The molecule has 1 N–H and O–H groups in total. The highest BCUT2D eigenvalue weighted by Crippen LogP contribution is 2.06. The van der Waals surface area contributed by atoms with E-state index in [1.54, 1.807) is 6.26 Å². The van der Waals surface area contributed by atoms with Crippen molar-refractivity contribution >= 4 is 5.91 Å². The van der Waals surface area contributed by atoms with E-state index in [0.717, 1.165) is 25.0 Å². The summed E-state index contributed by atoms with van der Waals surface area (Å²) < 4.78 is 10.6. The topological polar surface area (TPSA) is 51.5 Å². The van der Waals surface area contributed by atoms with E-state index in [-0.39, 0.29) is 5.91 Å². The maximum Gasteiger partial charge on any atom is 0.251 e. The molecule has 2 rings (SSSR count). The lowest BCUT2D eigenvalue weighted by atomic mass is 10.1. The Morgan fingerprint density at radius 1 is 1.23 bits per heavy atom. The minimum Gasteiger partial charge on any atom is -0.467 e. The minimum absolute atomic E-state index is 0.0333. The molecule has 2 aromatic rings. The number of carbonyl (C=O) groups excluding carboxylic acids is 1. The van der Waals surface area contributed by atoms with Crippen LogP contribution >= 0.6 is 0 Å². The van der Waals surface area contributed by atoms with E-state index >= 15 is 0 Å². The van der Waals surface area contributed by atoms with Gasteiger partial charge < -0.3 is 14.5 Å². The number of furan rings is 1. The third-order valence-corrected chi connectivity index (χ3v) is 3.33. The molecule has 0 unspecified atom stereocenters. The van der Waals surface area contributed by atoms with Gasteiger partial charge in [-0.15, -0.1) is 0 Å². The van der Waals surface area contributed by atoms with Gasteiger partial charge in [-0.25, -0.2) is 0 Å². The highest BCUT2D eigenvalue weighted by atomic mass is 16.5. The lowest BCUT2D eigenvalue weighted by molar-refractivity contribution is 0.0917. The fourth-order valence-corrected chi connectivity index (χ4v) is 2.16. The smallest absolute Gasteiger partial charge is 0.251 e. The van der Waals surface area contributed by atoms with Crippen LogP contribution in [0.5, 0.6) is 0 Å². The van der Waals surface area contributed by atoms with Crippen LogP contribution in [0.1, 0.15) is 41.4 Å². The van der Waals surface area contributed by atoms with Crippen LogP contribution in [-0.4, -0.2) is 19.1 Å². The maximum atomic E-state index is 12.0. The van der Waals surface area contributed by atoms with Crippen molar-refractivity contribution in [1.82, 2.24) is 5.32 Å². The molecule has 118 valence electrons. The quantitative estimate of drug-likeness (QED) is 0.720. The van der Waals surface area contributed by atoms with Crippen molar-refractivity contribution in [2.24, 2.45) is 0 Å². The first kappa shape index (κ1) is 16.3. The van der Waals surface area contributed by atoms with Crippen LogP contribution in [0.2, 0.25) is 0 Å². The van der Waals surface area contributed by atoms with Gasteiger partial charge in [0.15, 0.2) is 0 Å². The Morgan fingerprint density at radius 2 is 2.05 bits per heavy atom. The van der Waals surface area contributed by atoms with Gasteiger partial charge in [0, 0.05) is 18.7 Å². The average molecular weight is 301 g/mol. The molecule has 1 amide bonds. The molecule has 1 heterocycles. The summed E-state index contributed by atoms with van der Waals surface area (Å²) in [6.45, 7) is 3.82. The van der Waals surface area contributed by atoms with Gasteiger partial charge in [-0.05, 0) is 42.7 Å². The molecule has 0 aliphatic rings. The summed E-state index contributed by atoms with van der Waals surface area (Å²) in [6.07, 6.45) is 4.57. The van der Waals surface area contributed by atoms with E-state index in [1.165, 1.54) is 5.56 Å². The van der Waals surface area contributed by atoms with Crippen molar-refractivity contribution in [1.29, 1.82) is 0 Å². The minimum atomic E-state index is -0.0333. The average Bonchev–Trinajstić information content (AvgIpc) is 3.05. The van der Waals surface area contributed by atoms with Gasteiger partial charge in [0.25, 0.3) is 5.91 Å². The van der Waals surface area contributed by atoms with Gasteiger partial charge in [-0.1, -0.05) is 25.5 Å². The summed E-state index contributed by atoms with van der Waals surface area (Å²) >= 11 is 0. The van der Waals surface area contributed by atoms with Crippen molar-refractivity contribution in [3.8, 4) is 0 Å². The number of amides is 1. The van der Waals surface area contributed by atoms with Gasteiger partial charge in [-0.2, -0.15) is 0 Å². The maximum absolute atomic E-state index is 12.0.